The molecule has 28 heavy (non-hydrogen) atoms. The van der Waals surface area contributed by atoms with Gasteiger partial charge < -0.3 is 10.1 Å². The van der Waals surface area contributed by atoms with Gasteiger partial charge >= 0.3 is 5.97 Å². The summed E-state index contributed by atoms with van der Waals surface area (Å²) >= 11 is 0. The van der Waals surface area contributed by atoms with Crippen LogP contribution in [0.2, 0.25) is 0 Å². The number of hydrogen-bond acceptors (Lipinski definition) is 2. The summed E-state index contributed by atoms with van der Waals surface area (Å²) in [6.45, 7) is 2.11. The fourth-order valence-electron chi connectivity index (χ4n) is 3.17. The molecule has 0 spiro atoms. The molecule has 0 aliphatic carbocycles. The van der Waals surface area contributed by atoms with Crippen LogP contribution in [0.3, 0.4) is 0 Å². The van der Waals surface area contributed by atoms with Gasteiger partial charge in [0.1, 0.15) is 0 Å². The van der Waals surface area contributed by atoms with Crippen LogP contribution in [0.15, 0.2) is 83.8 Å². The highest BCUT2D eigenvalue weighted by molar-refractivity contribution is 5.98. The third kappa shape index (κ3) is 4.54. The average molecular weight is 371 g/mol. The molecule has 3 aromatic rings. The second-order valence-electron chi connectivity index (χ2n) is 6.31. The van der Waals surface area contributed by atoms with E-state index in [4.69, 9.17) is 5.11 Å². The van der Waals surface area contributed by atoms with Gasteiger partial charge in [-0.25, -0.2) is 4.79 Å². The average Bonchev–Trinajstić information content (AvgIpc) is 2.72. The van der Waals surface area contributed by atoms with E-state index in [1.807, 2.05) is 48.5 Å². The smallest absolute Gasteiger partial charge is 0.328 e. The van der Waals surface area contributed by atoms with Crippen LogP contribution >= 0.6 is 0 Å². The fourth-order valence-corrected chi connectivity index (χ4v) is 3.17. The quantitative estimate of drug-likeness (QED) is 0.481. The molecule has 0 fully saturated rings. The van der Waals surface area contributed by atoms with Gasteiger partial charge in [-0.05, 0) is 52.0 Å². The molecule has 0 bridgehead atoms. The molecule has 3 rings (SSSR count). The van der Waals surface area contributed by atoms with E-state index in [1.165, 1.54) is 11.6 Å². The molecule has 0 atom stereocenters. The minimum absolute atomic E-state index is 0.144. The van der Waals surface area contributed by atoms with Crippen molar-refractivity contribution in [1.29, 1.82) is 0 Å². The van der Waals surface area contributed by atoms with Gasteiger partial charge in [0.25, 0.3) is 0 Å². The van der Waals surface area contributed by atoms with Crippen molar-refractivity contribution in [3.63, 3.8) is 0 Å². The number of allylic oxidation sites excluding steroid dienone is 1. The zero-order valence-corrected chi connectivity index (χ0v) is 15.6. The molecule has 1 heterocycles. The van der Waals surface area contributed by atoms with Gasteiger partial charge in [0, 0.05) is 18.3 Å². The van der Waals surface area contributed by atoms with Gasteiger partial charge in [0.05, 0.1) is 0 Å². The van der Waals surface area contributed by atoms with Crippen LogP contribution in [0.5, 0.6) is 0 Å². The molecule has 2 N–H and O–H groups in total. The van der Waals surface area contributed by atoms with Gasteiger partial charge in [-0.1, -0.05) is 61.5 Å². The fraction of sp³-hybridized carbons (Fsp3) is 0.0833. The molecule has 4 heteroatoms. The molecule has 140 valence electrons. The molecule has 1 aromatic heterocycles. The number of carboxylic acid groups (broad SMARTS) is 1. The Morgan fingerprint density at radius 3 is 2.18 bits per heavy atom. The van der Waals surface area contributed by atoms with Crippen molar-refractivity contribution >= 4 is 23.2 Å². The van der Waals surface area contributed by atoms with Crippen molar-refractivity contribution in [3.8, 4) is 0 Å². The Morgan fingerprint density at radius 2 is 1.61 bits per heavy atom. The first-order chi connectivity index (χ1) is 13.6. The SMILES string of the molecule is CC/C(=C(/c1ccc(/C=C/C(=O)O)cc1)c1ccc(=O)[nH]c1)c1ccccc1. The Labute approximate surface area is 163 Å². The van der Waals surface area contributed by atoms with Gasteiger partial charge in [-0.3, -0.25) is 4.79 Å². The van der Waals surface area contributed by atoms with Gasteiger partial charge in [-0.2, -0.15) is 0 Å². The predicted octanol–water partition coefficient (Wildman–Crippen LogP) is 4.84. The van der Waals surface area contributed by atoms with Crippen LogP contribution in [0, 0.1) is 0 Å². The summed E-state index contributed by atoms with van der Waals surface area (Å²) in [5.74, 6) is -0.977. The predicted molar refractivity (Wildman–Crippen MR) is 113 cm³/mol. The number of carbonyl (C=O) groups is 1. The number of aromatic amines is 1. The molecule has 0 saturated carbocycles. The monoisotopic (exact) mass is 371 g/mol. The second-order valence-corrected chi connectivity index (χ2v) is 6.31. The van der Waals surface area contributed by atoms with Crippen molar-refractivity contribution in [2.24, 2.45) is 0 Å². The van der Waals surface area contributed by atoms with E-state index in [2.05, 4.69) is 24.0 Å². The van der Waals surface area contributed by atoms with Gasteiger partial charge in [0.2, 0.25) is 5.56 Å². The lowest BCUT2D eigenvalue weighted by molar-refractivity contribution is -0.131. The molecule has 0 amide bonds. The van der Waals surface area contributed by atoms with Crippen LogP contribution in [-0.2, 0) is 4.79 Å². The van der Waals surface area contributed by atoms with Crippen molar-refractivity contribution in [2.45, 2.75) is 13.3 Å². The maximum absolute atomic E-state index is 11.5. The Kier molecular flexibility index (Phi) is 6.02. The van der Waals surface area contributed by atoms with Crippen LogP contribution < -0.4 is 5.56 Å². The summed E-state index contributed by atoms with van der Waals surface area (Å²) in [5.41, 5.74) is 5.93. The lowest BCUT2D eigenvalue weighted by Crippen LogP contribution is -2.04. The number of hydrogen-bond donors (Lipinski definition) is 2. The zero-order valence-electron chi connectivity index (χ0n) is 15.6. The van der Waals surface area contributed by atoms with E-state index in [0.717, 1.165) is 40.3 Å². The number of aliphatic carboxylic acids is 1. The van der Waals surface area contributed by atoms with E-state index in [1.54, 1.807) is 12.3 Å². The Morgan fingerprint density at radius 1 is 0.929 bits per heavy atom. The number of nitrogens with one attached hydrogen (secondary N) is 1. The summed E-state index contributed by atoms with van der Waals surface area (Å²) in [4.78, 5) is 25.0. The summed E-state index contributed by atoms with van der Waals surface area (Å²) in [7, 11) is 0. The van der Waals surface area contributed by atoms with E-state index in [0.29, 0.717) is 0 Å². The largest absolute Gasteiger partial charge is 0.478 e. The van der Waals surface area contributed by atoms with Gasteiger partial charge in [-0.15, -0.1) is 0 Å². The molecule has 2 aromatic carbocycles. The van der Waals surface area contributed by atoms with Crippen molar-refractivity contribution < 1.29 is 9.90 Å². The molecule has 0 aliphatic heterocycles. The van der Waals surface area contributed by atoms with Crippen molar-refractivity contribution in [1.82, 2.24) is 4.98 Å². The summed E-state index contributed by atoms with van der Waals surface area (Å²) < 4.78 is 0. The number of aromatic nitrogens is 1. The van der Waals surface area contributed by atoms with Gasteiger partial charge in [0.15, 0.2) is 0 Å². The molecular formula is C24H21NO3. The van der Waals surface area contributed by atoms with Crippen molar-refractivity contribution in [2.75, 3.05) is 0 Å². The maximum atomic E-state index is 11.5. The standard InChI is InChI=1S/C24H21NO3/c1-2-21(18-6-4-3-5-7-18)24(20-13-14-22(26)25-16-20)19-11-8-17(9-12-19)10-15-23(27)28/h3-16H,2H2,1H3,(H,25,26)(H,27,28)/b15-10+,24-21+. The third-order valence-corrected chi connectivity index (χ3v) is 4.47. The number of pyridine rings is 1. The van der Waals surface area contributed by atoms with Crippen LogP contribution in [0.25, 0.3) is 17.2 Å². The first-order valence-corrected chi connectivity index (χ1v) is 9.07. The number of rotatable bonds is 6. The first kappa shape index (κ1) is 19.1. The van der Waals surface area contributed by atoms with E-state index in [9.17, 15) is 9.59 Å². The Balaban J connectivity index is 2.16. The minimum atomic E-state index is -0.977. The van der Waals surface area contributed by atoms with Crippen LogP contribution in [0.4, 0.5) is 0 Å². The van der Waals surface area contributed by atoms with Crippen LogP contribution in [-0.4, -0.2) is 16.1 Å². The molecule has 0 aliphatic rings. The lowest BCUT2D eigenvalue weighted by Gasteiger charge is -2.16. The first-order valence-electron chi connectivity index (χ1n) is 9.07. The van der Waals surface area contributed by atoms with E-state index in [-0.39, 0.29) is 5.56 Å². The molecule has 0 radical (unpaired) electrons. The molecule has 4 nitrogen and oxygen atoms in total. The highest BCUT2D eigenvalue weighted by atomic mass is 16.4. The number of benzene rings is 2. The second kappa shape index (κ2) is 8.82. The van der Waals surface area contributed by atoms with Crippen molar-refractivity contribution in [3.05, 3.63) is 112 Å². The highest BCUT2D eigenvalue weighted by Gasteiger charge is 2.13. The van der Waals surface area contributed by atoms with E-state index < -0.39 is 5.97 Å². The maximum Gasteiger partial charge on any atom is 0.328 e. The number of H-pyrrole nitrogens is 1. The number of carboxylic acids is 1. The summed E-state index contributed by atoms with van der Waals surface area (Å²) in [5, 5.41) is 8.80. The Hall–Kier alpha value is -3.66. The normalized spacial score (nSPS) is 12.0. The third-order valence-electron chi connectivity index (χ3n) is 4.47. The summed E-state index contributed by atoms with van der Waals surface area (Å²) in [6.07, 6.45) is 5.23. The minimum Gasteiger partial charge on any atom is -0.478 e. The Bertz CT molecular complexity index is 1050. The zero-order chi connectivity index (χ0) is 19.9. The van der Waals surface area contributed by atoms with Crippen LogP contribution in [0.1, 0.15) is 35.6 Å². The topological polar surface area (TPSA) is 70.2 Å². The van der Waals surface area contributed by atoms with E-state index >= 15 is 0 Å². The molecule has 0 unspecified atom stereocenters. The molecule has 0 saturated heterocycles. The lowest BCUT2D eigenvalue weighted by atomic mass is 9.88. The summed E-state index contributed by atoms with van der Waals surface area (Å²) in [6, 6.07) is 21.2. The molecular weight excluding hydrogens is 350 g/mol. The highest BCUT2D eigenvalue weighted by Crippen LogP contribution is 2.33.